The summed E-state index contributed by atoms with van der Waals surface area (Å²) in [4.78, 5) is 6.72. The summed E-state index contributed by atoms with van der Waals surface area (Å²) in [5.41, 5.74) is 1.31. The van der Waals surface area contributed by atoms with Gasteiger partial charge in [0.2, 0.25) is 0 Å². The molecular formula is C11H21FN2. The van der Waals surface area contributed by atoms with Gasteiger partial charge in [-0.2, -0.15) is 0 Å². The molecule has 1 saturated heterocycles. The van der Waals surface area contributed by atoms with Crippen molar-refractivity contribution in [3.63, 3.8) is 0 Å². The molecule has 1 aliphatic rings. The minimum atomic E-state index is -0.217. The average molecular weight is 200 g/mol. The number of aliphatic imine (C=N–C) groups is 1. The smallest absolute Gasteiger partial charge is 0.102 e. The quantitative estimate of drug-likeness (QED) is 0.600. The molecule has 0 aliphatic carbocycles. The summed E-state index contributed by atoms with van der Waals surface area (Å²) < 4.78 is 11.9. The van der Waals surface area contributed by atoms with Gasteiger partial charge in [-0.25, -0.2) is 4.39 Å². The number of likely N-dealkylation sites (tertiary alicyclic amines) is 1. The number of hydrogen-bond acceptors (Lipinski definition) is 2. The molecule has 0 aromatic heterocycles. The second-order valence-electron chi connectivity index (χ2n) is 3.93. The SMILES string of the molecule is CCC(CC)=NCC1CN(CCF)C1. The van der Waals surface area contributed by atoms with Crippen molar-refractivity contribution in [1.29, 1.82) is 0 Å². The third-order valence-corrected chi connectivity index (χ3v) is 2.82. The van der Waals surface area contributed by atoms with Gasteiger partial charge in [-0.05, 0) is 12.8 Å². The van der Waals surface area contributed by atoms with E-state index in [1.54, 1.807) is 0 Å². The summed E-state index contributed by atoms with van der Waals surface area (Å²) >= 11 is 0. The highest BCUT2D eigenvalue weighted by Gasteiger charge is 2.25. The Kier molecular flexibility index (Phi) is 5.09. The molecule has 0 aromatic rings. The van der Waals surface area contributed by atoms with E-state index in [4.69, 9.17) is 0 Å². The van der Waals surface area contributed by atoms with Gasteiger partial charge in [-0.3, -0.25) is 9.89 Å². The first-order valence-electron chi connectivity index (χ1n) is 5.60. The van der Waals surface area contributed by atoms with Crippen LogP contribution in [0.1, 0.15) is 26.7 Å². The maximum atomic E-state index is 11.9. The van der Waals surface area contributed by atoms with E-state index in [9.17, 15) is 4.39 Å². The Morgan fingerprint density at radius 1 is 1.36 bits per heavy atom. The van der Waals surface area contributed by atoms with Crippen LogP contribution in [0.4, 0.5) is 4.39 Å². The van der Waals surface area contributed by atoms with Gasteiger partial charge >= 0.3 is 0 Å². The highest BCUT2D eigenvalue weighted by Crippen LogP contribution is 2.15. The number of halogens is 1. The van der Waals surface area contributed by atoms with Gasteiger partial charge < -0.3 is 0 Å². The first-order chi connectivity index (χ1) is 6.80. The van der Waals surface area contributed by atoms with Gasteiger partial charge in [-0.15, -0.1) is 0 Å². The van der Waals surface area contributed by atoms with Crippen molar-refractivity contribution in [1.82, 2.24) is 4.90 Å². The largest absolute Gasteiger partial charge is 0.300 e. The first-order valence-corrected chi connectivity index (χ1v) is 5.60. The first kappa shape index (κ1) is 11.6. The molecule has 0 unspecified atom stereocenters. The van der Waals surface area contributed by atoms with Crippen molar-refractivity contribution in [2.45, 2.75) is 26.7 Å². The molecule has 0 aromatic carbocycles. The summed E-state index contributed by atoms with van der Waals surface area (Å²) in [6, 6.07) is 0. The molecule has 0 N–H and O–H groups in total. The Balaban J connectivity index is 2.13. The van der Waals surface area contributed by atoms with Crippen LogP contribution in [0, 0.1) is 5.92 Å². The zero-order chi connectivity index (χ0) is 10.4. The molecule has 1 aliphatic heterocycles. The molecule has 0 amide bonds. The Hall–Kier alpha value is -0.440. The third-order valence-electron chi connectivity index (χ3n) is 2.82. The summed E-state index contributed by atoms with van der Waals surface area (Å²) in [7, 11) is 0. The highest BCUT2D eigenvalue weighted by molar-refractivity contribution is 5.83. The lowest BCUT2D eigenvalue weighted by Crippen LogP contribution is -2.48. The van der Waals surface area contributed by atoms with E-state index in [1.807, 2.05) is 0 Å². The molecule has 0 atom stereocenters. The van der Waals surface area contributed by atoms with Crippen LogP contribution in [0.5, 0.6) is 0 Å². The predicted octanol–water partition coefficient (Wildman–Crippen LogP) is 2.15. The zero-order valence-corrected chi connectivity index (χ0v) is 9.30. The van der Waals surface area contributed by atoms with E-state index >= 15 is 0 Å². The summed E-state index contributed by atoms with van der Waals surface area (Å²) in [6.45, 7) is 7.71. The fourth-order valence-electron chi connectivity index (χ4n) is 1.83. The minimum Gasteiger partial charge on any atom is -0.300 e. The lowest BCUT2D eigenvalue weighted by Gasteiger charge is -2.37. The molecule has 1 rings (SSSR count). The zero-order valence-electron chi connectivity index (χ0n) is 9.30. The molecule has 1 fully saturated rings. The van der Waals surface area contributed by atoms with E-state index in [0.29, 0.717) is 12.5 Å². The van der Waals surface area contributed by atoms with Crippen molar-refractivity contribution >= 4 is 5.71 Å². The maximum Gasteiger partial charge on any atom is 0.102 e. The summed E-state index contributed by atoms with van der Waals surface area (Å²) in [5, 5.41) is 0. The van der Waals surface area contributed by atoms with Crippen LogP contribution in [0.15, 0.2) is 4.99 Å². The second kappa shape index (κ2) is 6.12. The standard InChI is InChI=1S/C11H21FN2/c1-3-11(4-2)13-7-10-8-14(9-10)6-5-12/h10H,3-9H2,1-2H3. The topological polar surface area (TPSA) is 15.6 Å². The molecule has 0 bridgehead atoms. The molecule has 14 heavy (non-hydrogen) atoms. The number of rotatable bonds is 6. The van der Waals surface area contributed by atoms with Crippen LogP contribution in [-0.2, 0) is 0 Å². The number of alkyl halides is 1. The van der Waals surface area contributed by atoms with Crippen LogP contribution in [-0.4, -0.2) is 43.5 Å². The van der Waals surface area contributed by atoms with Crippen LogP contribution in [0.25, 0.3) is 0 Å². The van der Waals surface area contributed by atoms with Crippen molar-refractivity contribution in [2.24, 2.45) is 10.9 Å². The van der Waals surface area contributed by atoms with E-state index in [-0.39, 0.29) is 6.67 Å². The van der Waals surface area contributed by atoms with E-state index in [2.05, 4.69) is 23.7 Å². The van der Waals surface area contributed by atoms with E-state index in [1.165, 1.54) is 5.71 Å². The second-order valence-corrected chi connectivity index (χ2v) is 3.93. The molecule has 2 nitrogen and oxygen atoms in total. The summed E-state index contributed by atoms with van der Waals surface area (Å²) in [6.07, 6.45) is 2.13. The van der Waals surface area contributed by atoms with Gasteiger partial charge in [0.15, 0.2) is 0 Å². The van der Waals surface area contributed by atoms with Gasteiger partial charge in [0.05, 0.1) is 0 Å². The van der Waals surface area contributed by atoms with Gasteiger partial charge in [0.25, 0.3) is 0 Å². The van der Waals surface area contributed by atoms with Crippen LogP contribution < -0.4 is 0 Å². The van der Waals surface area contributed by atoms with Crippen LogP contribution in [0.3, 0.4) is 0 Å². The lowest BCUT2D eigenvalue weighted by molar-refractivity contribution is 0.0984. The Morgan fingerprint density at radius 3 is 2.50 bits per heavy atom. The van der Waals surface area contributed by atoms with Crippen molar-refractivity contribution in [2.75, 3.05) is 32.9 Å². The molecule has 0 spiro atoms. The van der Waals surface area contributed by atoms with Crippen molar-refractivity contribution in [3.05, 3.63) is 0 Å². The molecule has 1 heterocycles. The lowest BCUT2D eigenvalue weighted by atomic mass is 10.0. The minimum absolute atomic E-state index is 0.217. The fraction of sp³-hybridized carbons (Fsp3) is 0.909. The van der Waals surface area contributed by atoms with E-state index in [0.717, 1.165) is 32.5 Å². The highest BCUT2D eigenvalue weighted by atomic mass is 19.1. The van der Waals surface area contributed by atoms with E-state index < -0.39 is 0 Å². The maximum absolute atomic E-state index is 11.9. The molecule has 3 heteroatoms. The summed E-state index contributed by atoms with van der Waals surface area (Å²) in [5.74, 6) is 0.676. The Bertz CT molecular complexity index is 180. The molecule has 82 valence electrons. The third kappa shape index (κ3) is 3.37. The molecule has 0 saturated carbocycles. The van der Waals surface area contributed by atoms with Crippen molar-refractivity contribution in [3.8, 4) is 0 Å². The van der Waals surface area contributed by atoms with Gasteiger partial charge in [-0.1, -0.05) is 13.8 Å². The van der Waals surface area contributed by atoms with Crippen molar-refractivity contribution < 1.29 is 4.39 Å². The molecule has 0 radical (unpaired) electrons. The Labute approximate surface area is 86.2 Å². The fourth-order valence-corrected chi connectivity index (χ4v) is 1.83. The molecular weight excluding hydrogens is 179 g/mol. The number of hydrogen-bond donors (Lipinski definition) is 0. The van der Waals surface area contributed by atoms with Crippen LogP contribution >= 0.6 is 0 Å². The monoisotopic (exact) mass is 200 g/mol. The Morgan fingerprint density at radius 2 is 2.00 bits per heavy atom. The number of nitrogens with zero attached hydrogens (tertiary/aromatic N) is 2. The van der Waals surface area contributed by atoms with Gasteiger partial charge in [0.1, 0.15) is 6.67 Å². The normalized spacial score (nSPS) is 17.9. The average Bonchev–Trinajstić information content (AvgIpc) is 2.15. The van der Waals surface area contributed by atoms with Gasteiger partial charge in [0, 0.05) is 37.8 Å². The van der Waals surface area contributed by atoms with Crippen LogP contribution in [0.2, 0.25) is 0 Å². The predicted molar refractivity (Wildman–Crippen MR) is 58.8 cm³/mol.